The van der Waals surface area contributed by atoms with Gasteiger partial charge >= 0.3 is 0 Å². The van der Waals surface area contributed by atoms with Crippen molar-refractivity contribution in [1.82, 2.24) is 14.9 Å². The molecule has 0 aliphatic carbocycles. The average Bonchev–Trinajstić information content (AvgIpc) is 2.71. The summed E-state index contributed by atoms with van der Waals surface area (Å²) in [5.74, 6) is 0.626. The summed E-state index contributed by atoms with van der Waals surface area (Å²) in [5.41, 5.74) is 5.36. The Morgan fingerprint density at radius 1 is 1.73 bits per heavy atom. The third kappa shape index (κ3) is 2.36. The molecule has 1 amide bonds. The van der Waals surface area contributed by atoms with Crippen molar-refractivity contribution >= 4 is 5.91 Å². The molecule has 1 radical (unpaired) electrons. The molecular formula is C10H15N4O. The Bertz CT molecular complexity index is 322. The van der Waals surface area contributed by atoms with Crippen LogP contribution >= 0.6 is 0 Å². The number of nitrogens with one attached hydrogen (secondary N) is 1. The number of H-pyrrole nitrogens is 1. The van der Waals surface area contributed by atoms with E-state index in [-0.39, 0.29) is 11.9 Å². The molecule has 1 aliphatic heterocycles. The molecule has 0 spiro atoms. The summed E-state index contributed by atoms with van der Waals surface area (Å²) < 4.78 is 0. The van der Waals surface area contributed by atoms with Crippen LogP contribution < -0.4 is 5.73 Å². The molecule has 1 aromatic rings. The van der Waals surface area contributed by atoms with Crippen LogP contribution in [0.15, 0.2) is 12.4 Å². The number of imidazole rings is 1. The topological polar surface area (TPSA) is 75.0 Å². The van der Waals surface area contributed by atoms with Crippen LogP contribution in [0.25, 0.3) is 0 Å². The predicted octanol–water partition coefficient (Wildman–Crippen LogP) is 0.0637. The van der Waals surface area contributed by atoms with Gasteiger partial charge in [0.2, 0.25) is 5.91 Å². The minimum Gasteiger partial charge on any atom is -0.368 e. The van der Waals surface area contributed by atoms with Crippen molar-refractivity contribution < 1.29 is 4.79 Å². The smallest absolute Gasteiger partial charge is 0.234 e. The van der Waals surface area contributed by atoms with Crippen molar-refractivity contribution in [2.75, 3.05) is 6.54 Å². The van der Waals surface area contributed by atoms with Crippen LogP contribution in [0, 0.1) is 6.42 Å². The maximum atomic E-state index is 11.2. The van der Waals surface area contributed by atoms with Gasteiger partial charge in [-0.15, -0.1) is 0 Å². The monoisotopic (exact) mass is 207 g/mol. The van der Waals surface area contributed by atoms with Crippen LogP contribution in [0.2, 0.25) is 0 Å². The number of primary amides is 1. The first-order valence-electron chi connectivity index (χ1n) is 5.10. The van der Waals surface area contributed by atoms with Gasteiger partial charge in [0.05, 0.1) is 12.6 Å². The van der Waals surface area contributed by atoms with E-state index >= 15 is 0 Å². The largest absolute Gasteiger partial charge is 0.368 e. The number of piperidine rings is 1. The maximum absolute atomic E-state index is 11.2. The number of aromatic nitrogens is 2. The van der Waals surface area contributed by atoms with E-state index in [0.29, 0.717) is 6.54 Å². The lowest BCUT2D eigenvalue weighted by atomic mass is 10.0. The number of nitrogens with zero attached hydrogens (tertiary/aromatic N) is 2. The number of nitrogens with two attached hydrogens (primary N) is 1. The number of hydrogen-bond acceptors (Lipinski definition) is 3. The Morgan fingerprint density at radius 3 is 3.27 bits per heavy atom. The van der Waals surface area contributed by atoms with Crippen molar-refractivity contribution in [3.05, 3.63) is 24.6 Å². The van der Waals surface area contributed by atoms with E-state index in [1.54, 1.807) is 12.4 Å². The second-order valence-electron chi connectivity index (χ2n) is 3.74. The minimum absolute atomic E-state index is 0.177. The van der Waals surface area contributed by atoms with Gasteiger partial charge in [-0.05, 0) is 25.8 Å². The lowest BCUT2D eigenvalue weighted by Gasteiger charge is -2.32. The molecule has 1 atom stereocenters. The molecule has 2 rings (SSSR count). The predicted molar refractivity (Wildman–Crippen MR) is 55.5 cm³/mol. The summed E-state index contributed by atoms with van der Waals surface area (Å²) in [6.07, 6.45) is 7.37. The van der Waals surface area contributed by atoms with Gasteiger partial charge in [-0.25, -0.2) is 4.98 Å². The SMILES string of the molecule is NC(=O)C1C[CH]CCN1Cc1ncc[nH]1. The van der Waals surface area contributed by atoms with Crippen LogP contribution in [-0.4, -0.2) is 33.4 Å². The fraction of sp³-hybridized carbons (Fsp3) is 0.500. The molecule has 81 valence electrons. The van der Waals surface area contributed by atoms with Gasteiger partial charge in [-0.3, -0.25) is 9.69 Å². The Morgan fingerprint density at radius 2 is 2.60 bits per heavy atom. The normalized spacial score (nSPS) is 22.8. The van der Waals surface area contributed by atoms with Gasteiger partial charge in [0.25, 0.3) is 0 Å². The molecule has 1 fully saturated rings. The molecule has 1 unspecified atom stereocenters. The zero-order valence-electron chi connectivity index (χ0n) is 8.52. The third-order valence-corrected chi connectivity index (χ3v) is 2.69. The average molecular weight is 207 g/mol. The highest BCUT2D eigenvalue weighted by Crippen LogP contribution is 2.17. The van der Waals surface area contributed by atoms with E-state index in [1.165, 1.54) is 0 Å². The highest BCUT2D eigenvalue weighted by molar-refractivity contribution is 5.80. The van der Waals surface area contributed by atoms with Gasteiger partial charge < -0.3 is 10.7 Å². The Kier molecular flexibility index (Phi) is 3.01. The Hall–Kier alpha value is -1.36. The van der Waals surface area contributed by atoms with Gasteiger partial charge in [0.1, 0.15) is 5.82 Å². The summed E-state index contributed by atoms with van der Waals surface area (Å²) in [6.45, 7) is 1.53. The van der Waals surface area contributed by atoms with Crippen molar-refractivity contribution in [3.8, 4) is 0 Å². The number of hydrogen-bond donors (Lipinski definition) is 2. The molecule has 5 heteroatoms. The Labute approximate surface area is 88.7 Å². The Balaban J connectivity index is 2.02. The summed E-state index contributed by atoms with van der Waals surface area (Å²) >= 11 is 0. The molecule has 0 saturated carbocycles. The zero-order valence-corrected chi connectivity index (χ0v) is 8.52. The van der Waals surface area contributed by atoms with E-state index in [9.17, 15) is 4.79 Å². The second kappa shape index (κ2) is 4.44. The van der Waals surface area contributed by atoms with Crippen LogP contribution in [0.1, 0.15) is 18.7 Å². The van der Waals surface area contributed by atoms with Crippen molar-refractivity contribution in [2.45, 2.75) is 25.4 Å². The standard InChI is InChI=1S/C10H15N4O/c11-10(15)8-3-1-2-6-14(8)7-9-12-4-5-13-9/h1,4-5,8H,2-3,6-7H2,(H2,11,15)(H,12,13). The van der Waals surface area contributed by atoms with E-state index in [4.69, 9.17) is 5.73 Å². The van der Waals surface area contributed by atoms with Gasteiger partial charge in [-0.1, -0.05) is 0 Å². The third-order valence-electron chi connectivity index (χ3n) is 2.69. The van der Waals surface area contributed by atoms with Crippen molar-refractivity contribution in [1.29, 1.82) is 0 Å². The maximum Gasteiger partial charge on any atom is 0.234 e. The van der Waals surface area contributed by atoms with Crippen molar-refractivity contribution in [3.63, 3.8) is 0 Å². The molecule has 2 heterocycles. The fourth-order valence-electron chi connectivity index (χ4n) is 1.90. The number of carbonyl (C=O) groups is 1. The van der Waals surface area contributed by atoms with Gasteiger partial charge in [-0.2, -0.15) is 0 Å². The number of carbonyl (C=O) groups excluding carboxylic acids is 1. The van der Waals surface area contributed by atoms with Crippen LogP contribution in [0.4, 0.5) is 0 Å². The molecule has 5 nitrogen and oxygen atoms in total. The lowest BCUT2D eigenvalue weighted by Crippen LogP contribution is -2.47. The van der Waals surface area contributed by atoms with Crippen molar-refractivity contribution in [2.24, 2.45) is 5.73 Å². The molecule has 1 aromatic heterocycles. The van der Waals surface area contributed by atoms with E-state index in [0.717, 1.165) is 25.2 Å². The summed E-state index contributed by atoms with van der Waals surface area (Å²) in [4.78, 5) is 20.5. The highest BCUT2D eigenvalue weighted by Gasteiger charge is 2.27. The second-order valence-corrected chi connectivity index (χ2v) is 3.74. The molecule has 0 aromatic carbocycles. The molecule has 1 aliphatic rings. The van der Waals surface area contributed by atoms with E-state index < -0.39 is 0 Å². The van der Waals surface area contributed by atoms with E-state index in [2.05, 4.69) is 21.3 Å². The first kappa shape index (κ1) is 10.2. The van der Waals surface area contributed by atoms with Crippen LogP contribution in [0.3, 0.4) is 0 Å². The minimum atomic E-state index is -0.252. The number of likely N-dealkylation sites (tertiary alicyclic amines) is 1. The van der Waals surface area contributed by atoms with Gasteiger partial charge in [0, 0.05) is 12.4 Å². The summed E-state index contributed by atoms with van der Waals surface area (Å²) in [7, 11) is 0. The molecular weight excluding hydrogens is 192 g/mol. The first-order valence-corrected chi connectivity index (χ1v) is 5.10. The van der Waals surface area contributed by atoms with Crippen LogP contribution in [-0.2, 0) is 11.3 Å². The summed E-state index contributed by atoms with van der Waals surface area (Å²) in [5, 5.41) is 0. The number of aromatic amines is 1. The van der Waals surface area contributed by atoms with Gasteiger partial charge in [0.15, 0.2) is 0 Å². The molecule has 15 heavy (non-hydrogen) atoms. The number of amides is 1. The first-order chi connectivity index (χ1) is 7.27. The zero-order chi connectivity index (χ0) is 10.7. The fourth-order valence-corrected chi connectivity index (χ4v) is 1.90. The molecule has 3 N–H and O–H groups in total. The number of rotatable bonds is 3. The highest BCUT2D eigenvalue weighted by atomic mass is 16.1. The van der Waals surface area contributed by atoms with E-state index in [1.807, 2.05) is 0 Å². The quantitative estimate of drug-likeness (QED) is 0.736. The molecule has 0 bridgehead atoms. The van der Waals surface area contributed by atoms with Crippen LogP contribution in [0.5, 0.6) is 0 Å². The lowest BCUT2D eigenvalue weighted by molar-refractivity contribution is -0.124. The molecule has 1 saturated heterocycles. The summed E-state index contributed by atoms with van der Waals surface area (Å²) in [6, 6.07) is -0.177.